The quantitative estimate of drug-likeness (QED) is 0.463. The number of ether oxygens (including phenoxy) is 2. The Morgan fingerprint density at radius 3 is 2.74 bits per heavy atom. The van der Waals surface area contributed by atoms with Crippen LogP contribution in [0, 0.1) is 0 Å². The van der Waals surface area contributed by atoms with Crippen LogP contribution in [0.25, 0.3) is 21.9 Å². The molecule has 0 bridgehead atoms. The van der Waals surface area contributed by atoms with Gasteiger partial charge in [0.1, 0.15) is 24.3 Å². The summed E-state index contributed by atoms with van der Waals surface area (Å²) in [6, 6.07) is 9.91. The highest BCUT2D eigenvalue weighted by atomic mass is 35.5. The van der Waals surface area contributed by atoms with Crippen molar-refractivity contribution in [2.45, 2.75) is 6.61 Å². The van der Waals surface area contributed by atoms with Gasteiger partial charge in [-0.2, -0.15) is 0 Å². The lowest BCUT2D eigenvalue weighted by Crippen LogP contribution is -2.05. The number of rotatable bonds is 4. The number of fused-ring (bicyclic) bond motifs is 2. The van der Waals surface area contributed by atoms with Gasteiger partial charge in [0.15, 0.2) is 0 Å². The fourth-order valence-electron chi connectivity index (χ4n) is 2.79. The van der Waals surface area contributed by atoms with Crippen molar-refractivity contribution in [1.82, 2.24) is 9.97 Å². The highest BCUT2D eigenvalue weighted by molar-refractivity contribution is 6.38. The summed E-state index contributed by atoms with van der Waals surface area (Å²) in [5.74, 6) is 0.911. The largest absolute Gasteiger partial charge is 0.497 e. The van der Waals surface area contributed by atoms with E-state index in [9.17, 15) is 4.79 Å². The summed E-state index contributed by atoms with van der Waals surface area (Å²) in [6.07, 6.45) is 1.36. The highest BCUT2D eigenvalue weighted by Gasteiger charge is 2.12. The fraction of sp³-hybridized carbons (Fsp3) is 0.105. The van der Waals surface area contributed by atoms with E-state index in [1.165, 1.54) is 12.4 Å². The molecule has 0 fully saturated rings. The van der Waals surface area contributed by atoms with E-state index in [0.29, 0.717) is 43.7 Å². The van der Waals surface area contributed by atoms with Gasteiger partial charge in [-0.1, -0.05) is 23.2 Å². The van der Waals surface area contributed by atoms with Crippen LogP contribution >= 0.6 is 23.2 Å². The Hall–Kier alpha value is -2.83. The maximum Gasteiger partial charge on any atom is 0.336 e. The lowest BCUT2D eigenvalue weighted by atomic mass is 10.1. The topological polar surface area (TPSA) is 74.5 Å². The Labute approximate surface area is 163 Å². The maximum atomic E-state index is 11.9. The molecule has 0 saturated heterocycles. The molecule has 0 spiro atoms. The molecule has 0 radical (unpaired) electrons. The van der Waals surface area contributed by atoms with Gasteiger partial charge >= 0.3 is 5.63 Å². The summed E-state index contributed by atoms with van der Waals surface area (Å²) in [5.41, 5.74) is 1.13. The molecule has 4 rings (SSSR count). The van der Waals surface area contributed by atoms with Crippen LogP contribution < -0.4 is 15.1 Å². The predicted octanol–water partition coefficient (Wildman–Crippen LogP) is 4.63. The van der Waals surface area contributed by atoms with Crippen molar-refractivity contribution in [3.63, 3.8) is 0 Å². The Morgan fingerprint density at radius 2 is 1.93 bits per heavy atom. The average molecular weight is 403 g/mol. The molecule has 136 valence electrons. The van der Waals surface area contributed by atoms with E-state index in [4.69, 9.17) is 37.1 Å². The predicted molar refractivity (Wildman–Crippen MR) is 103 cm³/mol. The van der Waals surface area contributed by atoms with Gasteiger partial charge in [-0.15, -0.1) is 0 Å². The minimum Gasteiger partial charge on any atom is -0.497 e. The molecule has 0 amide bonds. The molecule has 8 heteroatoms. The van der Waals surface area contributed by atoms with Crippen molar-refractivity contribution in [1.29, 1.82) is 0 Å². The molecular weight excluding hydrogens is 391 g/mol. The molecule has 0 aliphatic carbocycles. The summed E-state index contributed by atoms with van der Waals surface area (Å²) < 4.78 is 16.3. The van der Waals surface area contributed by atoms with Gasteiger partial charge in [0.2, 0.25) is 5.88 Å². The van der Waals surface area contributed by atoms with E-state index in [2.05, 4.69) is 9.97 Å². The zero-order valence-corrected chi connectivity index (χ0v) is 15.5. The molecule has 0 atom stereocenters. The third kappa shape index (κ3) is 3.41. The number of hydrogen-bond acceptors (Lipinski definition) is 6. The first kappa shape index (κ1) is 17.6. The third-order valence-corrected chi connectivity index (χ3v) is 4.53. The van der Waals surface area contributed by atoms with Gasteiger partial charge < -0.3 is 13.9 Å². The maximum absolute atomic E-state index is 11.9. The molecule has 0 aliphatic rings. The van der Waals surface area contributed by atoms with Gasteiger partial charge in [0.25, 0.3) is 0 Å². The summed E-state index contributed by atoms with van der Waals surface area (Å²) in [4.78, 5) is 20.2. The minimum absolute atomic E-state index is 0.102. The molecule has 0 N–H and O–H groups in total. The van der Waals surface area contributed by atoms with E-state index >= 15 is 0 Å². The van der Waals surface area contributed by atoms with Crippen LogP contribution in [0.1, 0.15) is 5.56 Å². The molecule has 2 aromatic heterocycles. The van der Waals surface area contributed by atoms with Crippen molar-refractivity contribution in [2.24, 2.45) is 0 Å². The number of nitrogens with zero attached hydrogens (tertiary/aromatic N) is 2. The second kappa shape index (κ2) is 7.06. The van der Waals surface area contributed by atoms with Crippen LogP contribution in [-0.2, 0) is 6.61 Å². The Morgan fingerprint density at radius 1 is 1.07 bits per heavy atom. The fourth-order valence-corrected chi connectivity index (χ4v) is 3.33. The van der Waals surface area contributed by atoms with Crippen molar-refractivity contribution in [3.05, 3.63) is 68.8 Å². The van der Waals surface area contributed by atoms with E-state index < -0.39 is 5.63 Å². The van der Waals surface area contributed by atoms with E-state index in [0.717, 1.165) is 5.39 Å². The molecule has 0 aliphatic heterocycles. The second-order valence-corrected chi connectivity index (χ2v) is 6.55. The molecule has 6 nitrogen and oxygen atoms in total. The molecule has 27 heavy (non-hydrogen) atoms. The van der Waals surface area contributed by atoms with Crippen LogP contribution in [-0.4, -0.2) is 17.1 Å². The lowest BCUT2D eigenvalue weighted by molar-refractivity contribution is 0.298. The number of halogens is 2. The first-order valence-electron chi connectivity index (χ1n) is 7.88. The lowest BCUT2D eigenvalue weighted by Gasteiger charge is -2.10. The van der Waals surface area contributed by atoms with Crippen LogP contribution in [0.2, 0.25) is 10.0 Å². The second-order valence-electron chi connectivity index (χ2n) is 5.70. The summed E-state index contributed by atoms with van der Waals surface area (Å²) >= 11 is 12.3. The van der Waals surface area contributed by atoms with E-state index in [-0.39, 0.29) is 6.61 Å². The first-order chi connectivity index (χ1) is 13.0. The molecular formula is C19H12Cl2N2O4. The van der Waals surface area contributed by atoms with Gasteiger partial charge in [0.05, 0.1) is 23.0 Å². The summed E-state index contributed by atoms with van der Waals surface area (Å²) in [5, 5.41) is 2.18. The molecule has 0 unspecified atom stereocenters. The van der Waals surface area contributed by atoms with Crippen molar-refractivity contribution in [2.75, 3.05) is 7.11 Å². The van der Waals surface area contributed by atoms with Crippen LogP contribution in [0.3, 0.4) is 0 Å². The van der Waals surface area contributed by atoms with Gasteiger partial charge in [-0.3, -0.25) is 0 Å². The molecule has 2 heterocycles. The van der Waals surface area contributed by atoms with Crippen LogP contribution in [0.15, 0.2) is 51.9 Å². The van der Waals surface area contributed by atoms with Gasteiger partial charge in [0, 0.05) is 28.1 Å². The third-order valence-electron chi connectivity index (χ3n) is 4.02. The van der Waals surface area contributed by atoms with Crippen molar-refractivity contribution >= 4 is 45.1 Å². The zero-order chi connectivity index (χ0) is 19.0. The Kier molecular flexibility index (Phi) is 4.59. The van der Waals surface area contributed by atoms with Crippen molar-refractivity contribution < 1.29 is 13.9 Å². The molecule has 0 saturated carbocycles. The SMILES string of the molecule is COc1ccc2c(COc3ncnc4c(Cl)cc(Cl)cc34)cc(=O)oc2c1. The minimum atomic E-state index is -0.479. The Bertz CT molecular complexity index is 1220. The van der Waals surface area contributed by atoms with Crippen LogP contribution in [0.4, 0.5) is 0 Å². The number of hydrogen-bond donors (Lipinski definition) is 0. The number of benzene rings is 2. The Balaban J connectivity index is 1.74. The molecule has 4 aromatic rings. The van der Waals surface area contributed by atoms with Gasteiger partial charge in [-0.25, -0.2) is 14.8 Å². The van der Waals surface area contributed by atoms with Crippen LogP contribution in [0.5, 0.6) is 11.6 Å². The normalized spacial score (nSPS) is 11.1. The average Bonchev–Trinajstić information content (AvgIpc) is 2.65. The van der Waals surface area contributed by atoms with E-state index in [1.807, 2.05) is 6.07 Å². The number of methoxy groups -OCH3 is 1. The zero-order valence-electron chi connectivity index (χ0n) is 14.0. The summed E-state index contributed by atoms with van der Waals surface area (Å²) in [6.45, 7) is 0.102. The van der Waals surface area contributed by atoms with Crippen molar-refractivity contribution in [3.8, 4) is 11.6 Å². The highest BCUT2D eigenvalue weighted by Crippen LogP contribution is 2.31. The first-order valence-corrected chi connectivity index (χ1v) is 8.64. The van der Waals surface area contributed by atoms with E-state index in [1.54, 1.807) is 31.4 Å². The molecule has 2 aromatic carbocycles. The summed E-state index contributed by atoms with van der Waals surface area (Å²) in [7, 11) is 1.54. The smallest absolute Gasteiger partial charge is 0.336 e. The number of aromatic nitrogens is 2. The monoisotopic (exact) mass is 402 g/mol. The standard InChI is InChI=1S/C19H12Cl2N2O4/c1-25-12-2-3-13-10(4-17(24)27-16(13)7-12)8-26-19-14-5-11(20)6-15(21)18(14)22-9-23-19/h2-7,9H,8H2,1H3. The van der Waals surface area contributed by atoms with Gasteiger partial charge in [-0.05, 0) is 24.3 Å².